The number of nitrogens with one attached hydrogen (secondary N) is 2. The van der Waals surface area contributed by atoms with Gasteiger partial charge in [-0.3, -0.25) is 4.79 Å². The molecule has 0 spiro atoms. The summed E-state index contributed by atoms with van der Waals surface area (Å²) in [6, 6.07) is 8.10. The van der Waals surface area contributed by atoms with Crippen LogP contribution in [0.4, 0.5) is 26.3 Å². The number of fused-ring (bicyclic) bond motifs is 2. The minimum absolute atomic E-state index is 0.00566. The molecule has 10 heteroatoms. The van der Waals surface area contributed by atoms with Gasteiger partial charge in [0, 0.05) is 28.1 Å². The zero-order valence-corrected chi connectivity index (χ0v) is 14.9. The SMILES string of the molecule is O=C(NCC(F)(F)F)c1cccc2nc(-c3c[nH]c4c(F)c(F)c(F)cc34)ccc12. The van der Waals surface area contributed by atoms with Crippen molar-refractivity contribution in [2.24, 2.45) is 0 Å². The Kier molecular flexibility index (Phi) is 4.64. The summed E-state index contributed by atoms with van der Waals surface area (Å²) in [6.07, 6.45) is -3.22. The van der Waals surface area contributed by atoms with Crippen molar-refractivity contribution >= 4 is 27.7 Å². The van der Waals surface area contributed by atoms with E-state index in [9.17, 15) is 31.1 Å². The second-order valence-corrected chi connectivity index (χ2v) is 6.48. The lowest BCUT2D eigenvalue weighted by atomic mass is 10.0. The first-order valence-corrected chi connectivity index (χ1v) is 8.55. The smallest absolute Gasteiger partial charge is 0.358 e. The average Bonchev–Trinajstić information content (AvgIpc) is 3.12. The highest BCUT2D eigenvalue weighted by atomic mass is 19.4. The van der Waals surface area contributed by atoms with Crippen LogP contribution < -0.4 is 5.32 Å². The number of aromatic amines is 1. The van der Waals surface area contributed by atoms with Gasteiger partial charge in [-0.05, 0) is 30.3 Å². The Morgan fingerprint density at radius 3 is 2.53 bits per heavy atom. The molecule has 0 bridgehead atoms. The first kappa shape index (κ1) is 19.7. The van der Waals surface area contributed by atoms with E-state index < -0.39 is 36.1 Å². The summed E-state index contributed by atoms with van der Waals surface area (Å²) in [5.74, 6) is -5.23. The van der Waals surface area contributed by atoms with Crippen LogP contribution in [0.3, 0.4) is 0 Å². The van der Waals surface area contributed by atoms with Crippen molar-refractivity contribution < 1.29 is 31.1 Å². The Bertz CT molecular complexity index is 1300. The fraction of sp³-hybridized carbons (Fsp3) is 0.100. The second-order valence-electron chi connectivity index (χ2n) is 6.48. The lowest BCUT2D eigenvalue weighted by molar-refractivity contribution is -0.123. The van der Waals surface area contributed by atoms with Gasteiger partial charge < -0.3 is 10.3 Å². The molecule has 2 aromatic carbocycles. The zero-order valence-electron chi connectivity index (χ0n) is 14.9. The first-order chi connectivity index (χ1) is 14.2. The van der Waals surface area contributed by atoms with Gasteiger partial charge in [-0.1, -0.05) is 6.07 Å². The largest absolute Gasteiger partial charge is 0.405 e. The Hall–Kier alpha value is -3.56. The van der Waals surface area contributed by atoms with Crippen molar-refractivity contribution in [3.05, 3.63) is 65.6 Å². The molecule has 2 N–H and O–H groups in total. The van der Waals surface area contributed by atoms with E-state index in [-0.39, 0.29) is 33.2 Å². The lowest BCUT2D eigenvalue weighted by Crippen LogP contribution is -2.33. The number of carbonyl (C=O) groups excluding carboxylic acids is 1. The first-order valence-electron chi connectivity index (χ1n) is 8.55. The minimum atomic E-state index is -4.55. The highest BCUT2D eigenvalue weighted by molar-refractivity contribution is 6.07. The van der Waals surface area contributed by atoms with Crippen LogP contribution >= 0.6 is 0 Å². The molecule has 0 fully saturated rings. The average molecular weight is 423 g/mol. The molecule has 1 amide bonds. The molecule has 2 aromatic heterocycles. The number of hydrogen-bond donors (Lipinski definition) is 2. The summed E-state index contributed by atoms with van der Waals surface area (Å²) >= 11 is 0. The van der Waals surface area contributed by atoms with Crippen LogP contribution in [0.15, 0.2) is 42.6 Å². The van der Waals surface area contributed by atoms with Gasteiger partial charge in [-0.15, -0.1) is 0 Å². The predicted molar refractivity (Wildman–Crippen MR) is 97.3 cm³/mol. The van der Waals surface area contributed by atoms with Crippen LogP contribution in [-0.4, -0.2) is 28.6 Å². The molecule has 30 heavy (non-hydrogen) atoms. The second kappa shape index (κ2) is 7.05. The third-order valence-electron chi connectivity index (χ3n) is 4.52. The van der Waals surface area contributed by atoms with Crippen molar-refractivity contribution in [3.8, 4) is 11.3 Å². The molecule has 154 valence electrons. The van der Waals surface area contributed by atoms with E-state index in [4.69, 9.17) is 0 Å². The summed E-state index contributed by atoms with van der Waals surface area (Å²) < 4.78 is 78.1. The molecule has 0 radical (unpaired) electrons. The van der Waals surface area contributed by atoms with Crippen molar-refractivity contribution in [2.75, 3.05) is 6.54 Å². The maximum Gasteiger partial charge on any atom is 0.405 e. The Morgan fingerprint density at radius 2 is 1.80 bits per heavy atom. The number of nitrogens with zero attached hydrogens (tertiary/aromatic N) is 1. The Morgan fingerprint density at radius 1 is 1.03 bits per heavy atom. The van der Waals surface area contributed by atoms with Crippen LogP contribution in [-0.2, 0) is 0 Å². The minimum Gasteiger partial charge on any atom is -0.358 e. The summed E-state index contributed by atoms with van der Waals surface area (Å²) in [5, 5.41) is 2.16. The quantitative estimate of drug-likeness (QED) is 0.356. The van der Waals surface area contributed by atoms with E-state index >= 15 is 0 Å². The van der Waals surface area contributed by atoms with Crippen LogP contribution in [0.2, 0.25) is 0 Å². The number of carbonyl (C=O) groups is 1. The van der Waals surface area contributed by atoms with Crippen molar-refractivity contribution in [1.29, 1.82) is 0 Å². The van der Waals surface area contributed by atoms with E-state index in [0.29, 0.717) is 5.39 Å². The molecule has 4 aromatic rings. The third kappa shape index (κ3) is 3.44. The van der Waals surface area contributed by atoms with Crippen LogP contribution in [0.5, 0.6) is 0 Å². The number of benzene rings is 2. The van der Waals surface area contributed by atoms with Gasteiger partial charge in [0.05, 0.1) is 16.7 Å². The van der Waals surface area contributed by atoms with Gasteiger partial charge in [-0.25, -0.2) is 18.2 Å². The number of aromatic nitrogens is 2. The molecule has 0 unspecified atom stereocenters. The molecule has 0 aliphatic carbocycles. The standard InChI is InChI=1S/C20H11F6N3O/c21-13-6-11-12(7-27-18(11)17(23)16(13)22)15-5-4-9-10(2-1-3-14(9)29-15)19(30)28-8-20(24,25)26/h1-7,27H,8H2,(H,28,30). The van der Waals surface area contributed by atoms with Gasteiger partial charge in [0.25, 0.3) is 5.91 Å². The Balaban J connectivity index is 1.77. The van der Waals surface area contributed by atoms with Crippen LogP contribution in [0, 0.1) is 17.5 Å². The molecule has 0 atom stereocenters. The van der Waals surface area contributed by atoms with Crippen LogP contribution in [0.25, 0.3) is 33.1 Å². The van der Waals surface area contributed by atoms with Gasteiger partial charge in [0.15, 0.2) is 17.5 Å². The zero-order chi connectivity index (χ0) is 21.6. The van der Waals surface area contributed by atoms with E-state index in [1.54, 1.807) is 5.32 Å². The maximum atomic E-state index is 13.9. The van der Waals surface area contributed by atoms with Gasteiger partial charge in [0.2, 0.25) is 0 Å². The van der Waals surface area contributed by atoms with E-state index in [0.717, 1.165) is 6.07 Å². The fourth-order valence-electron chi connectivity index (χ4n) is 3.16. The lowest BCUT2D eigenvalue weighted by Gasteiger charge is -2.10. The Labute approximate surface area is 164 Å². The number of hydrogen-bond acceptors (Lipinski definition) is 2. The molecule has 2 heterocycles. The predicted octanol–water partition coefficient (Wildman–Crippen LogP) is 5.09. The molecule has 4 nitrogen and oxygen atoms in total. The molecule has 0 aliphatic heterocycles. The number of amides is 1. The molecule has 0 aliphatic rings. The highest BCUT2D eigenvalue weighted by Gasteiger charge is 2.28. The van der Waals surface area contributed by atoms with Crippen molar-refractivity contribution in [2.45, 2.75) is 6.18 Å². The normalized spacial score (nSPS) is 11.9. The van der Waals surface area contributed by atoms with Crippen LogP contribution in [0.1, 0.15) is 10.4 Å². The van der Waals surface area contributed by atoms with Gasteiger partial charge in [-0.2, -0.15) is 13.2 Å². The number of alkyl halides is 3. The molecule has 0 saturated carbocycles. The number of pyridine rings is 1. The summed E-state index contributed by atoms with van der Waals surface area (Å²) in [4.78, 5) is 19.0. The molecule has 0 saturated heterocycles. The number of H-pyrrole nitrogens is 1. The van der Waals surface area contributed by atoms with E-state index in [2.05, 4.69) is 9.97 Å². The van der Waals surface area contributed by atoms with Crippen molar-refractivity contribution in [1.82, 2.24) is 15.3 Å². The fourth-order valence-corrected chi connectivity index (χ4v) is 3.16. The van der Waals surface area contributed by atoms with Gasteiger partial charge >= 0.3 is 6.18 Å². The summed E-state index contributed by atoms with van der Waals surface area (Å²) in [6.45, 7) is -1.48. The molecule has 4 rings (SSSR count). The molecular formula is C20H11F6N3O. The topological polar surface area (TPSA) is 57.8 Å². The highest BCUT2D eigenvalue weighted by Crippen LogP contribution is 2.32. The molecular weight excluding hydrogens is 412 g/mol. The van der Waals surface area contributed by atoms with Gasteiger partial charge in [0.1, 0.15) is 6.54 Å². The number of rotatable bonds is 3. The number of halogens is 6. The maximum absolute atomic E-state index is 13.9. The van der Waals surface area contributed by atoms with E-state index in [1.165, 1.54) is 36.5 Å². The summed E-state index contributed by atoms with van der Waals surface area (Å²) in [5.41, 5.74) is 0.605. The van der Waals surface area contributed by atoms with E-state index in [1.807, 2.05) is 0 Å². The third-order valence-corrected chi connectivity index (χ3v) is 4.52. The monoisotopic (exact) mass is 423 g/mol. The summed E-state index contributed by atoms with van der Waals surface area (Å²) in [7, 11) is 0. The van der Waals surface area contributed by atoms with Crippen molar-refractivity contribution in [3.63, 3.8) is 0 Å².